The number of rotatable bonds is 3. The monoisotopic (exact) mass is 548 g/mol. The zero-order valence-corrected chi connectivity index (χ0v) is 24.2. The summed E-state index contributed by atoms with van der Waals surface area (Å²) in [5.41, 5.74) is 10.9. The minimum absolute atomic E-state index is 0.0249. The van der Waals surface area contributed by atoms with Gasteiger partial charge in [-0.25, -0.2) is 15.0 Å². The lowest BCUT2D eigenvalue weighted by atomic mass is 10.1. The number of nitrogens with two attached hydrogens (primary N) is 1. The van der Waals surface area contributed by atoms with Gasteiger partial charge >= 0.3 is 6.18 Å². The Hall–Kier alpha value is -3.46. The molecule has 0 aliphatic heterocycles. The van der Waals surface area contributed by atoms with Gasteiger partial charge in [-0.05, 0) is 24.3 Å². The Bertz CT molecular complexity index is 1260. The van der Waals surface area contributed by atoms with Gasteiger partial charge in [0, 0.05) is 13.2 Å². The van der Waals surface area contributed by atoms with Crippen molar-refractivity contribution in [2.45, 2.75) is 45.5 Å². The molecule has 2 heterocycles. The molecule has 0 fully saturated rings. The molecule has 0 bridgehead atoms. The van der Waals surface area contributed by atoms with E-state index in [0.29, 0.717) is 11.3 Å². The first-order valence-corrected chi connectivity index (χ1v) is 18.1. The molecule has 2 aromatic heterocycles. The van der Waals surface area contributed by atoms with Crippen molar-refractivity contribution in [1.82, 2.24) is 15.0 Å². The average Bonchev–Trinajstić information content (AvgIpc) is 2.79. The van der Waals surface area contributed by atoms with Gasteiger partial charge in [-0.3, -0.25) is 14.4 Å². The molecular weight excluding hydrogens is 517 g/mol. The number of hydrogen-bond donors (Lipinski definition) is 1. The maximum atomic E-state index is 12.8. The number of carbonyl (C=O) groups excluding carboxylic acids is 2. The fourth-order valence-electron chi connectivity index (χ4n) is 2.33. The molecule has 2 rings (SSSR count). The molecule has 0 aliphatic rings. The molecule has 2 N–H and O–H groups in total. The Morgan fingerprint density at radius 2 is 1.49 bits per heavy atom. The fourth-order valence-corrected chi connectivity index (χ4v) is 3.32. The molecule has 12 heteroatoms. The second-order valence-electron chi connectivity index (χ2n) is 9.84. The molecule has 0 aromatic carbocycles. The lowest BCUT2D eigenvalue weighted by Crippen LogP contribution is -2.27. The largest absolute Gasteiger partial charge is 0.433 e. The Morgan fingerprint density at radius 1 is 0.946 bits per heavy atom. The predicted octanol–water partition coefficient (Wildman–Crippen LogP) is 4.37. The van der Waals surface area contributed by atoms with E-state index in [9.17, 15) is 22.8 Å². The summed E-state index contributed by atoms with van der Waals surface area (Å²) >= 11 is 0. The van der Waals surface area contributed by atoms with E-state index in [1.165, 1.54) is 14.2 Å². The minimum Gasteiger partial charge on any atom is -0.366 e. The number of carbonyl (C=O) groups is 2. The molecule has 0 spiro atoms. The van der Waals surface area contributed by atoms with Crippen LogP contribution in [0.5, 0.6) is 0 Å². The highest BCUT2D eigenvalue weighted by molar-refractivity contribution is 6.84. The van der Waals surface area contributed by atoms with Crippen LogP contribution in [0.25, 0.3) is 0 Å². The minimum atomic E-state index is -4.59. The number of halogens is 3. The van der Waals surface area contributed by atoms with E-state index in [1.807, 2.05) is 19.6 Å². The summed E-state index contributed by atoms with van der Waals surface area (Å²) in [7, 11) is -0.648. The van der Waals surface area contributed by atoms with Gasteiger partial charge in [0.15, 0.2) is 0 Å². The van der Waals surface area contributed by atoms with E-state index in [-0.39, 0.29) is 11.3 Å². The molecule has 0 unspecified atom stereocenters. The van der Waals surface area contributed by atoms with E-state index >= 15 is 0 Å². The highest BCUT2D eigenvalue weighted by atomic mass is 28.3. The number of nitrogens with zero attached hydrogens (tertiary/aromatic N) is 3. The van der Waals surface area contributed by atoms with Crippen LogP contribution in [0.15, 0.2) is 30.5 Å². The number of hydroxylamine groups is 2. The average molecular weight is 549 g/mol. The summed E-state index contributed by atoms with van der Waals surface area (Å²) in [4.78, 5) is 35.5. The first kappa shape index (κ1) is 31.6. The first-order chi connectivity index (χ1) is 16.9. The van der Waals surface area contributed by atoms with Crippen LogP contribution < -0.4 is 5.73 Å². The third-order valence-corrected chi connectivity index (χ3v) is 5.91. The number of amides is 2. The maximum absolute atomic E-state index is 12.8. The second-order valence-corrected chi connectivity index (χ2v) is 19.3. The molecular formula is C25H31F3N4O3Si2. The molecule has 2 amide bonds. The Labute approximate surface area is 217 Å². The maximum Gasteiger partial charge on any atom is 0.433 e. The first-order valence-electron chi connectivity index (χ1n) is 11.1. The summed E-state index contributed by atoms with van der Waals surface area (Å²) in [6.07, 6.45) is -2.98. The van der Waals surface area contributed by atoms with E-state index in [1.54, 1.807) is 18.3 Å². The molecule has 2 aromatic rings. The normalized spacial score (nSPS) is 11.1. The molecule has 0 aliphatic carbocycles. The van der Waals surface area contributed by atoms with Crippen molar-refractivity contribution in [3.8, 4) is 22.9 Å². The fraction of sp³-hybridized carbons (Fsp3) is 0.360. The Balaban J connectivity index is 0.000000397. The van der Waals surface area contributed by atoms with E-state index in [2.05, 4.69) is 52.5 Å². The zero-order chi connectivity index (χ0) is 28.6. The topological polar surface area (TPSA) is 98.4 Å². The van der Waals surface area contributed by atoms with Crippen LogP contribution >= 0.6 is 0 Å². The SMILES string of the molecule is CON(C)C(=O)c1ccc(C(F)(F)F)nc1C#C[Si](C)(C)C.C[Si](C)(C)C#Cc1ncccc1C(N)=O. The van der Waals surface area contributed by atoms with Crippen molar-refractivity contribution >= 4 is 28.0 Å². The van der Waals surface area contributed by atoms with Gasteiger partial charge in [0.25, 0.3) is 11.8 Å². The van der Waals surface area contributed by atoms with E-state index in [0.717, 1.165) is 17.2 Å². The number of aromatic nitrogens is 2. The van der Waals surface area contributed by atoms with Crippen molar-refractivity contribution in [2.24, 2.45) is 5.73 Å². The van der Waals surface area contributed by atoms with Crippen LogP contribution in [-0.2, 0) is 11.0 Å². The van der Waals surface area contributed by atoms with Crippen LogP contribution in [0.4, 0.5) is 13.2 Å². The predicted molar refractivity (Wildman–Crippen MR) is 142 cm³/mol. The van der Waals surface area contributed by atoms with Gasteiger partial charge in [0.1, 0.15) is 33.2 Å². The summed E-state index contributed by atoms with van der Waals surface area (Å²) in [6.45, 7) is 12.2. The van der Waals surface area contributed by atoms with Gasteiger partial charge in [-0.15, -0.1) is 11.1 Å². The Morgan fingerprint density at radius 3 is 1.95 bits per heavy atom. The van der Waals surface area contributed by atoms with Crippen molar-refractivity contribution in [2.75, 3.05) is 14.2 Å². The molecule has 0 saturated heterocycles. The number of alkyl halides is 3. The van der Waals surface area contributed by atoms with Crippen LogP contribution in [0.3, 0.4) is 0 Å². The molecule has 7 nitrogen and oxygen atoms in total. The molecule has 0 atom stereocenters. The highest BCUT2D eigenvalue weighted by Crippen LogP contribution is 2.28. The molecule has 37 heavy (non-hydrogen) atoms. The summed E-state index contributed by atoms with van der Waals surface area (Å²) in [5.74, 6) is 4.47. The summed E-state index contributed by atoms with van der Waals surface area (Å²) in [5, 5.41) is 0.907. The number of primary amides is 1. The number of pyridine rings is 2. The third-order valence-electron chi connectivity index (χ3n) is 4.16. The van der Waals surface area contributed by atoms with Crippen LogP contribution in [0, 0.1) is 22.9 Å². The van der Waals surface area contributed by atoms with Gasteiger partial charge < -0.3 is 5.73 Å². The molecule has 0 radical (unpaired) electrons. The number of hydrogen-bond acceptors (Lipinski definition) is 5. The molecule has 198 valence electrons. The summed E-state index contributed by atoms with van der Waals surface area (Å²) in [6, 6.07) is 5.15. The van der Waals surface area contributed by atoms with Crippen LogP contribution in [0.2, 0.25) is 39.3 Å². The lowest BCUT2D eigenvalue weighted by Gasteiger charge is -2.15. The molecule has 0 saturated carbocycles. The van der Waals surface area contributed by atoms with Gasteiger partial charge in [-0.1, -0.05) is 51.1 Å². The van der Waals surface area contributed by atoms with Crippen LogP contribution in [-0.4, -0.2) is 57.2 Å². The summed E-state index contributed by atoms with van der Waals surface area (Å²) < 4.78 is 38.3. The van der Waals surface area contributed by atoms with Crippen molar-refractivity contribution in [3.05, 3.63) is 58.7 Å². The van der Waals surface area contributed by atoms with Crippen molar-refractivity contribution < 1.29 is 27.6 Å². The zero-order valence-electron chi connectivity index (χ0n) is 22.2. The van der Waals surface area contributed by atoms with Gasteiger partial charge in [-0.2, -0.15) is 13.2 Å². The van der Waals surface area contributed by atoms with E-state index in [4.69, 9.17) is 10.6 Å². The highest BCUT2D eigenvalue weighted by Gasteiger charge is 2.33. The van der Waals surface area contributed by atoms with E-state index < -0.39 is 39.8 Å². The standard InChI is InChI=1S/C14H17F3N2O2Si.C11H14N2OSi/c1-19(21-2)13(20)10-6-7-12(14(15,16)17)18-11(10)8-9-22(3,4)5;1-15(2,3)8-6-10-9(11(12)14)5-4-7-13-10/h6-7H,1-5H3;4-5,7H,1-3H3,(H2,12,14). The van der Waals surface area contributed by atoms with Gasteiger partial charge in [0.05, 0.1) is 18.2 Å². The third kappa shape index (κ3) is 11.0. The van der Waals surface area contributed by atoms with Crippen LogP contribution in [0.1, 0.15) is 37.8 Å². The van der Waals surface area contributed by atoms with Gasteiger partial charge in [0.2, 0.25) is 0 Å². The second kappa shape index (κ2) is 12.7. The smallest absolute Gasteiger partial charge is 0.366 e. The van der Waals surface area contributed by atoms with Crippen molar-refractivity contribution in [1.29, 1.82) is 0 Å². The quantitative estimate of drug-likeness (QED) is 0.349. The lowest BCUT2D eigenvalue weighted by molar-refractivity contribution is -0.141. The van der Waals surface area contributed by atoms with Crippen molar-refractivity contribution in [3.63, 3.8) is 0 Å². The Kier molecular flexibility index (Phi) is 10.8.